The van der Waals surface area contributed by atoms with Gasteiger partial charge in [-0.05, 0) is 18.2 Å². The number of cyclic esters (lactones) is 1. The minimum absolute atomic E-state index is 0.0277. The van der Waals surface area contributed by atoms with Gasteiger partial charge in [0.05, 0.1) is 10.6 Å². The summed E-state index contributed by atoms with van der Waals surface area (Å²) in [5.41, 5.74) is 0.749. The van der Waals surface area contributed by atoms with Gasteiger partial charge in [-0.2, -0.15) is 5.26 Å². The first kappa shape index (κ1) is 11.4. The second-order valence-electron chi connectivity index (χ2n) is 3.43. The zero-order chi connectivity index (χ0) is 12.4. The summed E-state index contributed by atoms with van der Waals surface area (Å²) in [6.45, 7) is 0.0277. The second-order valence-corrected chi connectivity index (χ2v) is 3.83. The van der Waals surface area contributed by atoms with Crippen molar-refractivity contribution in [3.05, 3.63) is 28.8 Å². The lowest BCUT2D eigenvalue weighted by Gasteiger charge is -2.17. The SMILES string of the molecule is N#Cc1ccc(N2C(=O)OCC2C=O)cc1Cl. The third kappa shape index (κ3) is 1.95. The number of anilines is 1. The van der Waals surface area contributed by atoms with E-state index in [9.17, 15) is 9.59 Å². The third-order valence-corrected chi connectivity index (χ3v) is 2.73. The molecule has 5 nitrogen and oxygen atoms in total. The Morgan fingerprint density at radius 2 is 2.35 bits per heavy atom. The van der Waals surface area contributed by atoms with Crippen molar-refractivity contribution in [1.29, 1.82) is 5.26 Å². The van der Waals surface area contributed by atoms with Crippen molar-refractivity contribution >= 4 is 29.7 Å². The Kier molecular flexibility index (Phi) is 2.98. The molecule has 17 heavy (non-hydrogen) atoms. The first-order valence-electron chi connectivity index (χ1n) is 4.78. The van der Waals surface area contributed by atoms with Crippen molar-refractivity contribution in [1.82, 2.24) is 0 Å². The zero-order valence-electron chi connectivity index (χ0n) is 8.59. The van der Waals surface area contributed by atoms with Gasteiger partial charge in [-0.1, -0.05) is 11.6 Å². The molecule has 0 N–H and O–H groups in total. The summed E-state index contributed by atoms with van der Waals surface area (Å²) in [5.74, 6) is 0. The molecule has 1 aliphatic rings. The molecule has 2 rings (SSSR count). The number of benzene rings is 1. The first-order chi connectivity index (χ1) is 8.17. The van der Waals surface area contributed by atoms with Crippen molar-refractivity contribution in [2.75, 3.05) is 11.5 Å². The maximum atomic E-state index is 11.4. The van der Waals surface area contributed by atoms with Crippen molar-refractivity contribution in [2.45, 2.75) is 6.04 Å². The minimum Gasteiger partial charge on any atom is -0.446 e. The highest BCUT2D eigenvalue weighted by atomic mass is 35.5. The van der Waals surface area contributed by atoms with Crippen LogP contribution in [0.1, 0.15) is 5.56 Å². The second kappa shape index (κ2) is 4.44. The fourth-order valence-corrected chi connectivity index (χ4v) is 1.79. The van der Waals surface area contributed by atoms with Crippen LogP contribution in [0.15, 0.2) is 18.2 Å². The highest BCUT2D eigenvalue weighted by Crippen LogP contribution is 2.27. The van der Waals surface area contributed by atoms with E-state index in [2.05, 4.69) is 0 Å². The number of nitrogens with zero attached hydrogens (tertiary/aromatic N) is 2. The summed E-state index contributed by atoms with van der Waals surface area (Å²) in [5, 5.41) is 8.96. The molecule has 1 heterocycles. The Morgan fingerprint density at radius 3 is 2.94 bits per heavy atom. The number of carbonyl (C=O) groups excluding carboxylic acids is 2. The van der Waals surface area contributed by atoms with Crippen LogP contribution < -0.4 is 4.90 Å². The Balaban J connectivity index is 2.40. The summed E-state index contributed by atoms with van der Waals surface area (Å²) in [6, 6.07) is 5.77. The molecule has 86 valence electrons. The Bertz CT molecular complexity index is 524. The Hall–Kier alpha value is -2.06. The lowest BCUT2D eigenvalue weighted by atomic mass is 10.2. The number of hydrogen-bond donors (Lipinski definition) is 0. The maximum Gasteiger partial charge on any atom is 0.415 e. The number of amides is 1. The van der Waals surface area contributed by atoms with Crippen molar-refractivity contribution in [3.63, 3.8) is 0 Å². The first-order valence-corrected chi connectivity index (χ1v) is 5.16. The number of halogens is 1. The van der Waals surface area contributed by atoms with Gasteiger partial charge < -0.3 is 9.53 Å². The Morgan fingerprint density at radius 1 is 1.59 bits per heavy atom. The summed E-state index contributed by atoms with van der Waals surface area (Å²) in [7, 11) is 0. The molecule has 1 saturated heterocycles. The van der Waals surface area contributed by atoms with E-state index in [-0.39, 0.29) is 11.6 Å². The zero-order valence-corrected chi connectivity index (χ0v) is 9.35. The van der Waals surface area contributed by atoms with Crippen LogP contribution >= 0.6 is 11.6 Å². The summed E-state index contributed by atoms with van der Waals surface area (Å²) in [6.07, 6.45) is 0.0414. The molecule has 0 radical (unpaired) electrons. The molecular weight excluding hydrogens is 244 g/mol. The van der Waals surface area contributed by atoms with Crippen LogP contribution in [-0.2, 0) is 9.53 Å². The number of aldehydes is 1. The van der Waals surface area contributed by atoms with Crippen LogP contribution in [0.4, 0.5) is 10.5 Å². The molecule has 1 unspecified atom stereocenters. The smallest absolute Gasteiger partial charge is 0.415 e. The molecule has 1 atom stereocenters. The van der Waals surface area contributed by atoms with Gasteiger partial charge in [0.15, 0.2) is 0 Å². The average Bonchev–Trinajstić information content (AvgIpc) is 2.70. The van der Waals surface area contributed by atoms with E-state index in [1.807, 2.05) is 6.07 Å². The predicted octanol–water partition coefficient (Wildman–Crippen LogP) is 1.74. The maximum absolute atomic E-state index is 11.4. The Labute approximate surface area is 102 Å². The van der Waals surface area contributed by atoms with Gasteiger partial charge in [0.1, 0.15) is 25.0 Å². The molecule has 0 spiro atoms. The molecule has 0 saturated carbocycles. The largest absolute Gasteiger partial charge is 0.446 e. The normalized spacial score (nSPS) is 18.7. The van der Waals surface area contributed by atoms with Gasteiger partial charge in [0, 0.05) is 5.69 Å². The molecule has 1 aromatic carbocycles. The standard InChI is InChI=1S/C11H7ClN2O3/c12-10-3-8(2-1-7(10)4-13)14-9(5-15)6-17-11(14)16/h1-3,5,9H,6H2. The lowest BCUT2D eigenvalue weighted by molar-refractivity contribution is -0.108. The number of hydrogen-bond acceptors (Lipinski definition) is 4. The molecule has 1 aromatic rings. The number of nitriles is 1. The topological polar surface area (TPSA) is 70.4 Å². The summed E-state index contributed by atoms with van der Waals surface area (Å²) < 4.78 is 4.77. The molecule has 0 aliphatic carbocycles. The van der Waals surface area contributed by atoms with E-state index < -0.39 is 12.1 Å². The highest BCUT2D eigenvalue weighted by Gasteiger charge is 2.34. The van der Waals surface area contributed by atoms with Crippen molar-refractivity contribution in [3.8, 4) is 6.07 Å². The van der Waals surface area contributed by atoms with Crippen LogP contribution in [-0.4, -0.2) is 25.0 Å². The molecule has 0 bridgehead atoms. The van der Waals surface area contributed by atoms with Gasteiger partial charge in [0.2, 0.25) is 0 Å². The van der Waals surface area contributed by atoms with Crippen LogP contribution in [0, 0.1) is 11.3 Å². The third-order valence-electron chi connectivity index (χ3n) is 2.41. The van der Waals surface area contributed by atoms with Crippen molar-refractivity contribution < 1.29 is 14.3 Å². The number of ether oxygens (including phenoxy) is 1. The summed E-state index contributed by atoms with van der Waals surface area (Å²) in [4.78, 5) is 23.4. The summed E-state index contributed by atoms with van der Waals surface area (Å²) >= 11 is 5.86. The van der Waals surface area contributed by atoms with Crippen LogP contribution in [0.2, 0.25) is 5.02 Å². The lowest BCUT2D eigenvalue weighted by Crippen LogP contribution is -2.34. The van der Waals surface area contributed by atoms with E-state index in [1.165, 1.54) is 17.0 Å². The molecule has 6 heteroatoms. The minimum atomic E-state index is -0.647. The fraction of sp³-hybridized carbons (Fsp3) is 0.182. The fourth-order valence-electron chi connectivity index (χ4n) is 1.58. The van der Waals surface area contributed by atoms with E-state index in [0.717, 1.165) is 0 Å². The van der Waals surface area contributed by atoms with E-state index in [4.69, 9.17) is 21.6 Å². The van der Waals surface area contributed by atoms with Crippen molar-refractivity contribution in [2.24, 2.45) is 0 Å². The average molecular weight is 251 g/mol. The monoisotopic (exact) mass is 250 g/mol. The number of carbonyl (C=O) groups is 2. The number of rotatable bonds is 2. The predicted molar refractivity (Wildman–Crippen MR) is 59.8 cm³/mol. The van der Waals surface area contributed by atoms with E-state index >= 15 is 0 Å². The molecule has 1 fully saturated rings. The highest BCUT2D eigenvalue weighted by molar-refractivity contribution is 6.32. The van der Waals surface area contributed by atoms with E-state index in [0.29, 0.717) is 17.5 Å². The molecule has 1 aliphatic heterocycles. The molecule has 1 amide bonds. The van der Waals surface area contributed by atoms with Gasteiger partial charge in [0.25, 0.3) is 0 Å². The molecule has 0 aromatic heterocycles. The molecular formula is C11H7ClN2O3. The van der Waals surface area contributed by atoms with Crippen LogP contribution in [0.3, 0.4) is 0 Å². The van der Waals surface area contributed by atoms with E-state index in [1.54, 1.807) is 6.07 Å². The van der Waals surface area contributed by atoms with Gasteiger partial charge in [-0.3, -0.25) is 4.90 Å². The van der Waals surface area contributed by atoms with Crippen LogP contribution in [0.5, 0.6) is 0 Å². The van der Waals surface area contributed by atoms with Crippen LogP contribution in [0.25, 0.3) is 0 Å². The van der Waals surface area contributed by atoms with Gasteiger partial charge in [-0.25, -0.2) is 4.79 Å². The van der Waals surface area contributed by atoms with Gasteiger partial charge >= 0.3 is 6.09 Å². The quantitative estimate of drug-likeness (QED) is 0.750. The van der Waals surface area contributed by atoms with Gasteiger partial charge in [-0.15, -0.1) is 0 Å².